The third-order valence-corrected chi connectivity index (χ3v) is 6.55. The molecule has 0 saturated carbocycles. The molecule has 7 heteroatoms. The summed E-state index contributed by atoms with van der Waals surface area (Å²) in [6.07, 6.45) is 2.08. The molecular weight excluding hydrogens is 504 g/mol. The Hall–Kier alpha value is -3.22. The van der Waals surface area contributed by atoms with E-state index in [1.54, 1.807) is 18.2 Å². The van der Waals surface area contributed by atoms with E-state index < -0.39 is 17.8 Å². The highest BCUT2D eigenvalue weighted by atomic mass is 79.9. The van der Waals surface area contributed by atoms with Gasteiger partial charge < -0.3 is 0 Å². The van der Waals surface area contributed by atoms with Crippen molar-refractivity contribution in [2.75, 3.05) is 4.90 Å². The van der Waals surface area contributed by atoms with Gasteiger partial charge in [0, 0.05) is 15.9 Å². The summed E-state index contributed by atoms with van der Waals surface area (Å²) in [7, 11) is 0. The molecule has 0 spiro atoms. The van der Waals surface area contributed by atoms with Gasteiger partial charge in [-0.3, -0.25) is 14.9 Å². The lowest BCUT2D eigenvalue weighted by atomic mass is 10.0. The first-order valence-corrected chi connectivity index (χ1v) is 11.4. The molecule has 1 saturated heterocycles. The van der Waals surface area contributed by atoms with Crippen molar-refractivity contribution in [1.82, 2.24) is 5.32 Å². The molecule has 0 radical (unpaired) electrons. The van der Waals surface area contributed by atoms with E-state index in [1.807, 2.05) is 56.3 Å². The fraction of sp³-hybridized carbons (Fsp3) is 0.115. The Labute approximate surface area is 205 Å². The first kappa shape index (κ1) is 23.0. The third kappa shape index (κ3) is 4.77. The predicted octanol–water partition coefficient (Wildman–Crippen LogP) is 5.98. The fourth-order valence-corrected chi connectivity index (χ4v) is 4.42. The molecule has 166 valence electrons. The van der Waals surface area contributed by atoms with Gasteiger partial charge in [-0.25, -0.2) is 9.69 Å². The summed E-state index contributed by atoms with van der Waals surface area (Å²) in [6.45, 7) is 3.74. The minimum absolute atomic E-state index is 0.135. The van der Waals surface area contributed by atoms with Crippen LogP contribution in [0.3, 0.4) is 0 Å². The molecule has 1 N–H and O–H groups in total. The molecule has 0 aliphatic carbocycles. The maximum atomic E-state index is 13.2. The maximum absolute atomic E-state index is 13.2. The summed E-state index contributed by atoms with van der Waals surface area (Å²) in [5.74, 6) is -1.41. The van der Waals surface area contributed by atoms with Crippen molar-refractivity contribution in [3.63, 3.8) is 0 Å². The Bertz CT molecular complexity index is 1330. The molecule has 0 unspecified atom stereocenters. The highest BCUT2D eigenvalue weighted by Gasteiger charge is 2.37. The number of barbiturate groups is 1. The van der Waals surface area contributed by atoms with Crippen LogP contribution in [0.2, 0.25) is 5.02 Å². The number of amides is 4. The van der Waals surface area contributed by atoms with E-state index in [-0.39, 0.29) is 5.57 Å². The molecule has 3 aromatic rings. The number of hydrogen-bond acceptors (Lipinski definition) is 3. The van der Waals surface area contributed by atoms with Gasteiger partial charge in [-0.15, -0.1) is 0 Å². The summed E-state index contributed by atoms with van der Waals surface area (Å²) in [4.78, 5) is 39.1. The largest absolute Gasteiger partial charge is 0.335 e. The van der Waals surface area contributed by atoms with Crippen LogP contribution >= 0.6 is 27.5 Å². The van der Waals surface area contributed by atoms with Gasteiger partial charge in [0.05, 0.1) is 5.69 Å². The second kappa shape index (κ2) is 9.33. The highest BCUT2D eigenvalue weighted by molar-refractivity contribution is 9.10. The van der Waals surface area contributed by atoms with Crippen LogP contribution in [0.25, 0.3) is 6.08 Å². The number of halogens is 2. The zero-order valence-corrected chi connectivity index (χ0v) is 20.3. The average Bonchev–Trinajstić information content (AvgIpc) is 2.76. The van der Waals surface area contributed by atoms with Crippen LogP contribution < -0.4 is 10.2 Å². The van der Waals surface area contributed by atoms with Crippen LogP contribution in [-0.2, 0) is 16.0 Å². The number of rotatable bonds is 4. The van der Waals surface area contributed by atoms with E-state index in [4.69, 9.17) is 11.6 Å². The van der Waals surface area contributed by atoms with Gasteiger partial charge >= 0.3 is 6.03 Å². The van der Waals surface area contributed by atoms with Crippen molar-refractivity contribution < 1.29 is 14.4 Å². The van der Waals surface area contributed by atoms with E-state index >= 15 is 0 Å². The van der Waals surface area contributed by atoms with E-state index in [0.29, 0.717) is 22.7 Å². The predicted molar refractivity (Wildman–Crippen MR) is 133 cm³/mol. The SMILES string of the molecule is Cc1ccc(N2C(=O)NC(=O)/C(=C\c3ccc(Cc4ccccc4Br)c(Cl)c3)C2=O)c(C)c1. The van der Waals surface area contributed by atoms with Gasteiger partial charge in [-0.05, 0) is 60.4 Å². The summed E-state index contributed by atoms with van der Waals surface area (Å²) in [6, 6.07) is 17.9. The quantitative estimate of drug-likeness (QED) is 0.338. The Morgan fingerprint density at radius 1 is 0.970 bits per heavy atom. The second-order valence-electron chi connectivity index (χ2n) is 7.87. The number of benzene rings is 3. The van der Waals surface area contributed by atoms with Crippen molar-refractivity contribution in [2.24, 2.45) is 0 Å². The molecule has 1 heterocycles. The highest BCUT2D eigenvalue weighted by Crippen LogP contribution is 2.28. The molecule has 4 rings (SSSR count). The first-order valence-electron chi connectivity index (χ1n) is 10.2. The van der Waals surface area contributed by atoms with Crippen LogP contribution in [-0.4, -0.2) is 17.8 Å². The topological polar surface area (TPSA) is 66.5 Å². The van der Waals surface area contributed by atoms with E-state index in [0.717, 1.165) is 31.6 Å². The van der Waals surface area contributed by atoms with Gasteiger partial charge in [-0.1, -0.05) is 75.6 Å². The Balaban J connectivity index is 1.65. The van der Waals surface area contributed by atoms with Gasteiger partial charge in [-0.2, -0.15) is 0 Å². The molecule has 0 aromatic heterocycles. The minimum atomic E-state index is -0.768. The Morgan fingerprint density at radius 2 is 1.73 bits per heavy atom. The molecule has 1 aliphatic heterocycles. The second-order valence-corrected chi connectivity index (χ2v) is 9.13. The molecule has 0 bridgehead atoms. The molecule has 3 aromatic carbocycles. The zero-order chi connectivity index (χ0) is 23.7. The maximum Gasteiger partial charge on any atom is 0.335 e. The Morgan fingerprint density at radius 3 is 2.42 bits per heavy atom. The fourth-order valence-electron chi connectivity index (χ4n) is 3.74. The number of anilines is 1. The molecule has 4 amide bonds. The van der Waals surface area contributed by atoms with Crippen LogP contribution in [0, 0.1) is 13.8 Å². The minimum Gasteiger partial charge on any atom is -0.273 e. The smallest absolute Gasteiger partial charge is 0.273 e. The molecular formula is C26H20BrClN2O3. The lowest BCUT2D eigenvalue weighted by Gasteiger charge is -2.27. The first-order chi connectivity index (χ1) is 15.7. The van der Waals surface area contributed by atoms with Crippen LogP contribution in [0.1, 0.15) is 27.8 Å². The standard InChI is InChI=1S/C26H20BrClN2O3/c1-15-7-10-23(16(2)11-15)30-25(32)20(24(31)29-26(30)33)12-17-8-9-19(22(28)13-17)14-18-5-3-4-6-21(18)27/h3-13H,14H2,1-2H3,(H,29,31,33)/b20-12+. The Kier molecular flexibility index (Phi) is 6.49. The number of carbonyl (C=O) groups excluding carboxylic acids is 3. The van der Waals surface area contributed by atoms with Crippen molar-refractivity contribution in [2.45, 2.75) is 20.3 Å². The average molecular weight is 524 g/mol. The van der Waals surface area contributed by atoms with Crippen molar-refractivity contribution in [3.05, 3.63) is 104 Å². The monoisotopic (exact) mass is 522 g/mol. The number of imide groups is 2. The molecule has 33 heavy (non-hydrogen) atoms. The summed E-state index contributed by atoms with van der Waals surface area (Å²) in [5.41, 5.74) is 4.65. The van der Waals surface area contributed by atoms with Crippen molar-refractivity contribution in [3.8, 4) is 0 Å². The lowest BCUT2D eigenvalue weighted by Crippen LogP contribution is -2.54. The van der Waals surface area contributed by atoms with Crippen molar-refractivity contribution >= 4 is 57.1 Å². The van der Waals surface area contributed by atoms with Gasteiger partial charge in [0.25, 0.3) is 11.8 Å². The number of hydrogen-bond donors (Lipinski definition) is 1. The van der Waals surface area contributed by atoms with E-state index in [9.17, 15) is 14.4 Å². The van der Waals surface area contributed by atoms with Crippen LogP contribution in [0.15, 0.2) is 70.7 Å². The molecule has 5 nitrogen and oxygen atoms in total. The number of nitrogens with one attached hydrogen (secondary N) is 1. The van der Waals surface area contributed by atoms with Crippen molar-refractivity contribution in [1.29, 1.82) is 0 Å². The number of aryl methyl sites for hydroxylation is 2. The number of carbonyl (C=O) groups is 3. The van der Waals surface area contributed by atoms with Gasteiger partial charge in [0.2, 0.25) is 0 Å². The van der Waals surface area contributed by atoms with E-state index in [1.165, 1.54) is 6.08 Å². The summed E-state index contributed by atoms with van der Waals surface area (Å²) >= 11 is 10.1. The molecule has 1 fully saturated rings. The summed E-state index contributed by atoms with van der Waals surface area (Å²) in [5, 5.41) is 2.78. The normalized spacial score (nSPS) is 15.2. The summed E-state index contributed by atoms with van der Waals surface area (Å²) < 4.78 is 0.993. The molecule has 0 atom stereocenters. The number of nitrogens with zero attached hydrogens (tertiary/aromatic N) is 1. The van der Waals surface area contributed by atoms with Crippen LogP contribution in [0.4, 0.5) is 10.5 Å². The molecule has 1 aliphatic rings. The van der Waals surface area contributed by atoms with Crippen LogP contribution in [0.5, 0.6) is 0 Å². The zero-order valence-electron chi connectivity index (χ0n) is 18.0. The van der Waals surface area contributed by atoms with E-state index in [2.05, 4.69) is 21.2 Å². The lowest BCUT2D eigenvalue weighted by molar-refractivity contribution is -0.122. The van der Waals surface area contributed by atoms with Gasteiger partial charge in [0.1, 0.15) is 5.57 Å². The number of urea groups is 1. The van der Waals surface area contributed by atoms with Gasteiger partial charge in [0.15, 0.2) is 0 Å². The third-order valence-electron chi connectivity index (χ3n) is 5.42.